The second-order valence-corrected chi connectivity index (χ2v) is 6.71. The molecule has 1 saturated heterocycles. The third-order valence-electron chi connectivity index (χ3n) is 3.15. The fourth-order valence-electron chi connectivity index (χ4n) is 2.43. The third-order valence-corrected chi connectivity index (χ3v) is 3.15. The van der Waals surface area contributed by atoms with Gasteiger partial charge in [0.2, 0.25) is 0 Å². The van der Waals surface area contributed by atoms with E-state index in [1.165, 1.54) is 0 Å². The molecule has 0 aromatic carbocycles. The van der Waals surface area contributed by atoms with Gasteiger partial charge in [0.25, 0.3) is 0 Å². The smallest absolute Gasteiger partial charge is 0.317 e. The average Bonchev–Trinajstić information content (AvgIpc) is 2.25. The van der Waals surface area contributed by atoms with Gasteiger partial charge < -0.3 is 10.2 Å². The predicted octanol–water partition coefficient (Wildman–Crippen LogP) is 2.47. The summed E-state index contributed by atoms with van der Waals surface area (Å²) in [5.74, 6) is 0. The predicted molar refractivity (Wildman–Crippen MR) is 62.8 cm³/mol. The van der Waals surface area contributed by atoms with Crippen molar-refractivity contribution in [1.29, 1.82) is 0 Å². The molecular weight excluding hydrogens is 188 g/mol. The van der Waals surface area contributed by atoms with Crippen LogP contribution < -0.4 is 5.32 Å². The van der Waals surface area contributed by atoms with Crippen molar-refractivity contribution >= 4 is 6.03 Å². The lowest BCUT2D eigenvalue weighted by atomic mass is 9.73. The molecular formula is C12H24N2O. The molecule has 3 heteroatoms. The van der Waals surface area contributed by atoms with Crippen molar-refractivity contribution in [2.45, 2.75) is 53.6 Å². The van der Waals surface area contributed by atoms with Gasteiger partial charge in [-0.05, 0) is 10.8 Å². The number of nitrogens with one attached hydrogen (secondary N) is 1. The van der Waals surface area contributed by atoms with E-state index in [9.17, 15) is 4.79 Å². The molecule has 15 heavy (non-hydrogen) atoms. The fourth-order valence-corrected chi connectivity index (χ4v) is 2.43. The van der Waals surface area contributed by atoms with Crippen LogP contribution >= 0.6 is 0 Å². The summed E-state index contributed by atoms with van der Waals surface area (Å²) in [6.07, 6.45) is 0. The van der Waals surface area contributed by atoms with Crippen LogP contribution in [0.1, 0.15) is 41.5 Å². The second kappa shape index (κ2) is 3.39. The molecule has 0 spiro atoms. The Balaban J connectivity index is 3.03. The molecule has 88 valence electrons. The summed E-state index contributed by atoms with van der Waals surface area (Å²) in [7, 11) is 1.89. The minimum atomic E-state index is 0.0508. The van der Waals surface area contributed by atoms with E-state index in [2.05, 4.69) is 46.9 Å². The van der Waals surface area contributed by atoms with Gasteiger partial charge in [-0.1, -0.05) is 41.5 Å². The van der Waals surface area contributed by atoms with E-state index in [-0.39, 0.29) is 28.9 Å². The lowest BCUT2D eigenvalue weighted by Crippen LogP contribution is -2.50. The summed E-state index contributed by atoms with van der Waals surface area (Å²) in [5, 5.41) is 3.09. The zero-order valence-corrected chi connectivity index (χ0v) is 11.0. The molecule has 0 saturated carbocycles. The highest BCUT2D eigenvalue weighted by Crippen LogP contribution is 2.37. The van der Waals surface area contributed by atoms with Crippen LogP contribution in [0.3, 0.4) is 0 Å². The highest BCUT2D eigenvalue weighted by molar-refractivity contribution is 5.77. The van der Waals surface area contributed by atoms with E-state index in [1.807, 2.05) is 11.9 Å². The fraction of sp³-hybridized carbons (Fsp3) is 0.917. The van der Waals surface area contributed by atoms with Gasteiger partial charge in [-0.15, -0.1) is 0 Å². The van der Waals surface area contributed by atoms with E-state index >= 15 is 0 Å². The Bertz CT molecular complexity index is 260. The molecule has 1 aliphatic rings. The quantitative estimate of drug-likeness (QED) is 0.657. The number of hydrogen-bond donors (Lipinski definition) is 1. The van der Waals surface area contributed by atoms with Crippen LogP contribution in [0.4, 0.5) is 4.79 Å². The first kappa shape index (κ1) is 12.3. The van der Waals surface area contributed by atoms with Gasteiger partial charge in [0.05, 0.1) is 12.1 Å². The van der Waals surface area contributed by atoms with Crippen molar-refractivity contribution in [2.75, 3.05) is 7.05 Å². The molecule has 3 nitrogen and oxygen atoms in total. The highest BCUT2D eigenvalue weighted by atomic mass is 16.2. The van der Waals surface area contributed by atoms with Crippen LogP contribution in [0.2, 0.25) is 0 Å². The minimum Gasteiger partial charge on any atom is -0.333 e. The van der Waals surface area contributed by atoms with E-state index in [0.29, 0.717) is 0 Å². The molecule has 1 heterocycles. The van der Waals surface area contributed by atoms with Crippen molar-refractivity contribution in [3.63, 3.8) is 0 Å². The van der Waals surface area contributed by atoms with Crippen LogP contribution in [0.5, 0.6) is 0 Å². The SMILES string of the molecule is CN1C(=O)NC(C(C)(C)C)C1C(C)(C)C. The number of amides is 2. The molecule has 1 aliphatic heterocycles. The third kappa shape index (κ3) is 2.27. The van der Waals surface area contributed by atoms with Crippen molar-refractivity contribution in [3.8, 4) is 0 Å². The molecule has 0 aliphatic carbocycles. The average molecular weight is 212 g/mol. The van der Waals surface area contributed by atoms with Crippen LogP contribution in [-0.2, 0) is 0 Å². The summed E-state index contributed by atoms with van der Waals surface area (Å²) in [4.78, 5) is 13.5. The van der Waals surface area contributed by atoms with E-state index in [1.54, 1.807) is 0 Å². The molecule has 2 amide bonds. The number of likely N-dealkylation sites (N-methyl/N-ethyl adjacent to an activating group) is 1. The molecule has 0 bridgehead atoms. The van der Waals surface area contributed by atoms with Gasteiger partial charge in [0.15, 0.2) is 0 Å². The van der Waals surface area contributed by atoms with Gasteiger partial charge in [-0.2, -0.15) is 0 Å². The first-order chi connectivity index (χ1) is 6.55. The highest BCUT2D eigenvalue weighted by Gasteiger charge is 2.48. The molecule has 2 atom stereocenters. The lowest BCUT2D eigenvalue weighted by Gasteiger charge is -2.40. The number of nitrogens with zero attached hydrogens (tertiary/aromatic N) is 1. The Morgan fingerprint density at radius 1 is 1.07 bits per heavy atom. The Morgan fingerprint density at radius 3 is 1.80 bits per heavy atom. The molecule has 0 aromatic heterocycles. The first-order valence-corrected chi connectivity index (χ1v) is 5.58. The number of rotatable bonds is 0. The maximum absolute atomic E-state index is 11.7. The topological polar surface area (TPSA) is 32.3 Å². The van der Waals surface area contributed by atoms with Gasteiger partial charge in [-0.3, -0.25) is 0 Å². The van der Waals surface area contributed by atoms with Crippen LogP contribution in [0.25, 0.3) is 0 Å². The molecule has 2 unspecified atom stereocenters. The minimum absolute atomic E-state index is 0.0508. The summed E-state index contributed by atoms with van der Waals surface area (Å²) < 4.78 is 0. The van der Waals surface area contributed by atoms with E-state index in [0.717, 1.165) is 0 Å². The Labute approximate surface area is 93.2 Å². The normalized spacial score (nSPS) is 28.2. The number of urea groups is 1. The Kier molecular flexibility index (Phi) is 2.79. The van der Waals surface area contributed by atoms with Crippen molar-refractivity contribution in [3.05, 3.63) is 0 Å². The van der Waals surface area contributed by atoms with Crippen LogP contribution in [-0.4, -0.2) is 30.1 Å². The van der Waals surface area contributed by atoms with Gasteiger partial charge >= 0.3 is 6.03 Å². The van der Waals surface area contributed by atoms with Crippen molar-refractivity contribution in [2.24, 2.45) is 10.8 Å². The zero-order chi connectivity index (χ0) is 12.0. The molecule has 1 N–H and O–H groups in total. The largest absolute Gasteiger partial charge is 0.333 e. The lowest BCUT2D eigenvalue weighted by molar-refractivity contribution is 0.120. The standard InChI is InChI=1S/C12H24N2O/c1-11(2,3)8-9(12(4,5)6)14(7)10(15)13-8/h8-9H,1-7H3,(H,13,15). The number of carbonyl (C=O) groups is 1. The molecule has 0 aromatic rings. The first-order valence-electron chi connectivity index (χ1n) is 5.58. The van der Waals surface area contributed by atoms with Crippen LogP contribution in [0.15, 0.2) is 0 Å². The molecule has 0 radical (unpaired) electrons. The Morgan fingerprint density at radius 2 is 1.53 bits per heavy atom. The monoisotopic (exact) mass is 212 g/mol. The maximum Gasteiger partial charge on any atom is 0.317 e. The van der Waals surface area contributed by atoms with Gasteiger partial charge in [0, 0.05) is 7.05 Å². The maximum atomic E-state index is 11.7. The van der Waals surface area contributed by atoms with Crippen molar-refractivity contribution in [1.82, 2.24) is 10.2 Å². The molecule has 1 rings (SSSR count). The number of hydrogen-bond acceptors (Lipinski definition) is 1. The van der Waals surface area contributed by atoms with E-state index in [4.69, 9.17) is 0 Å². The van der Waals surface area contributed by atoms with Gasteiger partial charge in [-0.25, -0.2) is 4.79 Å². The zero-order valence-electron chi connectivity index (χ0n) is 11.0. The van der Waals surface area contributed by atoms with Gasteiger partial charge in [0.1, 0.15) is 0 Å². The van der Waals surface area contributed by atoms with Crippen molar-refractivity contribution < 1.29 is 4.79 Å². The molecule has 1 fully saturated rings. The number of carbonyl (C=O) groups excluding carboxylic acids is 1. The summed E-state index contributed by atoms with van der Waals surface area (Å²) in [6.45, 7) is 13.1. The second-order valence-electron chi connectivity index (χ2n) is 6.71. The Hall–Kier alpha value is -0.730. The summed E-state index contributed by atoms with van der Waals surface area (Å²) in [5.41, 5.74) is 0.199. The van der Waals surface area contributed by atoms with Crippen LogP contribution in [0, 0.1) is 10.8 Å². The summed E-state index contributed by atoms with van der Waals surface area (Å²) in [6, 6.07) is 0.523. The summed E-state index contributed by atoms with van der Waals surface area (Å²) >= 11 is 0. The van der Waals surface area contributed by atoms with E-state index < -0.39 is 0 Å².